The van der Waals surface area contributed by atoms with Crippen molar-refractivity contribution >= 4 is 28.5 Å². The molecule has 3 aromatic rings. The molecule has 0 saturated carbocycles. The molecule has 0 unspecified atom stereocenters. The van der Waals surface area contributed by atoms with E-state index in [-0.39, 0.29) is 6.61 Å². The minimum atomic E-state index is -0.461. The van der Waals surface area contributed by atoms with Crippen LogP contribution in [-0.2, 0) is 4.74 Å². The van der Waals surface area contributed by atoms with Gasteiger partial charge in [0.05, 0.1) is 16.8 Å². The van der Waals surface area contributed by atoms with E-state index in [0.717, 1.165) is 10.9 Å². The van der Waals surface area contributed by atoms with Gasteiger partial charge in [-0.25, -0.2) is 9.78 Å². The number of nitrogens with zero attached hydrogens (tertiary/aromatic N) is 1. The summed E-state index contributed by atoms with van der Waals surface area (Å²) in [4.78, 5) is 16.9. The van der Waals surface area contributed by atoms with Crippen molar-refractivity contribution < 1.29 is 9.53 Å². The number of esters is 1. The van der Waals surface area contributed by atoms with Gasteiger partial charge in [0.1, 0.15) is 0 Å². The number of carbonyl (C=O) groups excluding carboxylic acids is 1. The van der Waals surface area contributed by atoms with E-state index < -0.39 is 5.97 Å². The summed E-state index contributed by atoms with van der Waals surface area (Å²) in [6.07, 6.45) is 5.15. The van der Waals surface area contributed by atoms with E-state index in [9.17, 15) is 4.79 Å². The number of fused-ring (bicyclic) bond motifs is 1. The van der Waals surface area contributed by atoms with E-state index >= 15 is 0 Å². The molecule has 1 aromatic heterocycles. The van der Waals surface area contributed by atoms with Crippen molar-refractivity contribution in [2.24, 2.45) is 0 Å². The second-order valence-corrected chi connectivity index (χ2v) is 5.30. The molecular weight excluding hydrogens is 310 g/mol. The van der Waals surface area contributed by atoms with Gasteiger partial charge in [0, 0.05) is 16.0 Å². The van der Waals surface area contributed by atoms with Gasteiger partial charge in [-0.1, -0.05) is 47.9 Å². The van der Waals surface area contributed by atoms with Crippen LogP contribution in [0.5, 0.6) is 0 Å². The van der Waals surface area contributed by atoms with E-state index in [1.54, 1.807) is 18.2 Å². The average Bonchev–Trinajstić information content (AvgIpc) is 2.59. The number of terminal acetylenes is 1. The fourth-order valence-corrected chi connectivity index (χ4v) is 2.42. The first-order chi connectivity index (χ1) is 11.2. The van der Waals surface area contributed by atoms with Crippen molar-refractivity contribution in [3.05, 3.63) is 65.2 Å². The molecule has 23 heavy (non-hydrogen) atoms. The second kappa shape index (κ2) is 6.51. The molecule has 0 amide bonds. The molecule has 2 aromatic carbocycles. The van der Waals surface area contributed by atoms with Crippen LogP contribution in [0, 0.1) is 12.3 Å². The average molecular weight is 322 g/mol. The maximum absolute atomic E-state index is 12.3. The molecule has 3 nitrogen and oxygen atoms in total. The highest BCUT2D eigenvalue weighted by molar-refractivity contribution is 6.30. The number of benzene rings is 2. The summed E-state index contributed by atoms with van der Waals surface area (Å²) in [7, 11) is 0. The Hall–Kier alpha value is -2.83. The van der Waals surface area contributed by atoms with Gasteiger partial charge in [0.25, 0.3) is 0 Å². The van der Waals surface area contributed by atoms with Crippen LogP contribution in [0.3, 0.4) is 0 Å². The molecule has 0 spiro atoms. The first-order valence-electron chi connectivity index (χ1n) is 6.95. The van der Waals surface area contributed by atoms with Crippen LogP contribution in [0.4, 0.5) is 0 Å². The van der Waals surface area contributed by atoms with Crippen molar-refractivity contribution in [1.29, 1.82) is 0 Å². The van der Waals surface area contributed by atoms with Crippen LogP contribution in [0.25, 0.3) is 22.2 Å². The van der Waals surface area contributed by atoms with Gasteiger partial charge in [-0.15, -0.1) is 6.42 Å². The third-order valence-corrected chi connectivity index (χ3v) is 3.61. The summed E-state index contributed by atoms with van der Waals surface area (Å²) in [5, 5.41) is 1.37. The molecular formula is C19H12ClNO2. The third kappa shape index (κ3) is 3.18. The quantitative estimate of drug-likeness (QED) is 0.532. The highest BCUT2D eigenvalue weighted by atomic mass is 35.5. The molecule has 0 aliphatic heterocycles. The number of halogens is 1. The lowest BCUT2D eigenvalue weighted by molar-refractivity contribution is 0.0559. The Bertz CT molecular complexity index is 911. The first-order valence-corrected chi connectivity index (χ1v) is 7.33. The molecule has 0 atom stereocenters. The van der Waals surface area contributed by atoms with Crippen LogP contribution in [0.1, 0.15) is 10.4 Å². The lowest BCUT2D eigenvalue weighted by atomic mass is 10.0. The van der Waals surface area contributed by atoms with Crippen LogP contribution >= 0.6 is 11.6 Å². The molecule has 0 fully saturated rings. The highest BCUT2D eigenvalue weighted by Crippen LogP contribution is 2.26. The van der Waals surface area contributed by atoms with Crippen LogP contribution < -0.4 is 0 Å². The van der Waals surface area contributed by atoms with E-state index in [0.29, 0.717) is 21.8 Å². The van der Waals surface area contributed by atoms with Crippen LogP contribution in [-0.4, -0.2) is 17.6 Å². The van der Waals surface area contributed by atoms with Gasteiger partial charge in [0.2, 0.25) is 0 Å². The molecule has 0 aliphatic carbocycles. The maximum atomic E-state index is 12.3. The fraction of sp³-hybridized carbons (Fsp3) is 0.0526. The van der Waals surface area contributed by atoms with Crippen molar-refractivity contribution in [3.63, 3.8) is 0 Å². The summed E-state index contributed by atoms with van der Waals surface area (Å²) in [5.74, 6) is 1.83. The summed E-state index contributed by atoms with van der Waals surface area (Å²) in [5.41, 5.74) is 2.70. The Kier molecular flexibility index (Phi) is 4.27. The first kappa shape index (κ1) is 15.1. The number of para-hydroxylation sites is 1. The maximum Gasteiger partial charge on any atom is 0.339 e. The molecule has 112 valence electrons. The number of rotatable bonds is 3. The lowest BCUT2D eigenvalue weighted by Gasteiger charge is -2.09. The summed E-state index contributed by atoms with van der Waals surface area (Å²) < 4.78 is 5.07. The smallest absolute Gasteiger partial charge is 0.339 e. The van der Waals surface area contributed by atoms with Crippen molar-refractivity contribution in [1.82, 2.24) is 4.98 Å². The number of aromatic nitrogens is 1. The van der Waals surface area contributed by atoms with Gasteiger partial charge in [0.15, 0.2) is 6.61 Å². The largest absolute Gasteiger partial charge is 0.449 e. The Morgan fingerprint density at radius 3 is 2.65 bits per heavy atom. The standard InChI is InChI=1S/C19H12ClNO2/c1-2-11-23-19(22)16-12-18(13-7-9-14(20)10-8-13)21-17-6-4-3-5-15(16)17/h1,3-10,12H,11H2. The topological polar surface area (TPSA) is 39.2 Å². The van der Waals surface area contributed by atoms with Crippen molar-refractivity contribution in [2.75, 3.05) is 6.61 Å². The minimum Gasteiger partial charge on any atom is -0.449 e. The van der Waals surface area contributed by atoms with Gasteiger partial charge in [-0.3, -0.25) is 0 Å². The van der Waals surface area contributed by atoms with Crippen LogP contribution in [0.2, 0.25) is 5.02 Å². The summed E-state index contributed by atoms with van der Waals surface area (Å²) in [6, 6.07) is 16.4. The van der Waals surface area contributed by atoms with E-state index in [1.807, 2.05) is 36.4 Å². The number of ether oxygens (including phenoxy) is 1. The minimum absolute atomic E-state index is 0.0637. The van der Waals surface area contributed by atoms with Gasteiger partial charge in [-0.2, -0.15) is 0 Å². The number of pyridine rings is 1. The Morgan fingerprint density at radius 2 is 1.91 bits per heavy atom. The molecule has 0 bridgehead atoms. The zero-order chi connectivity index (χ0) is 16.2. The molecule has 0 aliphatic rings. The molecule has 0 N–H and O–H groups in total. The second-order valence-electron chi connectivity index (χ2n) is 4.86. The molecule has 4 heteroatoms. The van der Waals surface area contributed by atoms with Gasteiger partial charge < -0.3 is 4.74 Å². The molecule has 0 radical (unpaired) electrons. The Balaban J connectivity index is 2.15. The lowest BCUT2D eigenvalue weighted by Crippen LogP contribution is -2.07. The van der Waals surface area contributed by atoms with Crippen LogP contribution in [0.15, 0.2) is 54.6 Å². The zero-order valence-electron chi connectivity index (χ0n) is 12.1. The van der Waals surface area contributed by atoms with E-state index in [2.05, 4.69) is 10.9 Å². The summed E-state index contributed by atoms with van der Waals surface area (Å²) >= 11 is 5.92. The summed E-state index contributed by atoms with van der Waals surface area (Å²) in [6.45, 7) is -0.0637. The fourth-order valence-electron chi connectivity index (χ4n) is 2.30. The van der Waals surface area contributed by atoms with Gasteiger partial charge in [-0.05, 0) is 24.3 Å². The monoisotopic (exact) mass is 321 g/mol. The molecule has 0 saturated heterocycles. The number of hydrogen-bond acceptors (Lipinski definition) is 3. The Labute approximate surface area is 138 Å². The number of carbonyl (C=O) groups is 1. The number of hydrogen-bond donors (Lipinski definition) is 0. The Morgan fingerprint density at radius 1 is 1.17 bits per heavy atom. The van der Waals surface area contributed by atoms with E-state index in [1.165, 1.54) is 0 Å². The molecule has 1 heterocycles. The predicted molar refractivity (Wildman–Crippen MR) is 91.3 cm³/mol. The molecule has 3 rings (SSSR count). The predicted octanol–water partition coefficient (Wildman–Crippen LogP) is 4.35. The normalized spacial score (nSPS) is 10.3. The van der Waals surface area contributed by atoms with Crippen molar-refractivity contribution in [3.8, 4) is 23.6 Å². The van der Waals surface area contributed by atoms with Gasteiger partial charge >= 0.3 is 5.97 Å². The SMILES string of the molecule is C#CCOC(=O)c1cc(-c2ccc(Cl)cc2)nc2ccccc12. The zero-order valence-corrected chi connectivity index (χ0v) is 12.9. The van der Waals surface area contributed by atoms with E-state index in [4.69, 9.17) is 22.8 Å². The third-order valence-electron chi connectivity index (χ3n) is 3.36. The van der Waals surface area contributed by atoms with Crippen molar-refractivity contribution in [2.45, 2.75) is 0 Å². The highest BCUT2D eigenvalue weighted by Gasteiger charge is 2.14.